The Morgan fingerprint density at radius 2 is 1.78 bits per heavy atom. The molecule has 0 aliphatic carbocycles. The summed E-state index contributed by atoms with van der Waals surface area (Å²) in [5.41, 5.74) is 0. The number of carbonyl (C=O) groups is 2. The van der Waals surface area contributed by atoms with Gasteiger partial charge in [0.25, 0.3) is 0 Å². The Morgan fingerprint density at radius 1 is 1.11 bits per heavy atom. The molecule has 2 unspecified atom stereocenters. The first kappa shape index (κ1) is 13.7. The molecule has 102 valence electrons. The third-order valence-electron chi connectivity index (χ3n) is 4.08. The highest BCUT2D eigenvalue weighted by atomic mass is 32.2. The van der Waals surface area contributed by atoms with E-state index in [0.29, 0.717) is 13.0 Å². The lowest BCUT2D eigenvalue weighted by Crippen LogP contribution is -2.49. The number of nitrogens with zero attached hydrogens (tertiary/aromatic N) is 1. The molecule has 0 radical (unpaired) electrons. The Hall–Kier alpha value is -0.710. The van der Waals surface area contributed by atoms with E-state index in [9.17, 15) is 9.59 Å². The van der Waals surface area contributed by atoms with Gasteiger partial charge >= 0.3 is 5.97 Å². The minimum Gasteiger partial charge on any atom is -0.481 e. The molecular weight excluding hydrogens is 250 g/mol. The number of carbonyl (C=O) groups excluding carboxylic acids is 1. The van der Waals surface area contributed by atoms with Crippen LogP contribution in [0.15, 0.2) is 0 Å². The van der Waals surface area contributed by atoms with Gasteiger partial charge in [-0.1, -0.05) is 0 Å². The first-order valence-electron chi connectivity index (χ1n) is 6.70. The third kappa shape index (κ3) is 2.99. The number of carboxylic acids is 1. The van der Waals surface area contributed by atoms with Gasteiger partial charge in [0.2, 0.25) is 5.91 Å². The van der Waals surface area contributed by atoms with Crippen LogP contribution in [-0.2, 0) is 9.59 Å². The van der Waals surface area contributed by atoms with Crippen molar-refractivity contribution in [1.29, 1.82) is 0 Å². The van der Waals surface area contributed by atoms with Crippen LogP contribution in [0, 0.1) is 11.8 Å². The molecule has 2 atom stereocenters. The second-order valence-electron chi connectivity index (χ2n) is 5.34. The van der Waals surface area contributed by atoms with E-state index in [-0.39, 0.29) is 23.8 Å². The van der Waals surface area contributed by atoms with Gasteiger partial charge in [0.05, 0.1) is 5.92 Å². The minimum absolute atomic E-state index is 0.126. The molecule has 0 aromatic carbocycles. The van der Waals surface area contributed by atoms with Crippen LogP contribution in [0.3, 0.4) is 0 Å². The lowest BCUT2D eigenvalue weighted by atomic mass is 9.91. The van der Waals surface area contributed by atoms with Gasteiger partial charge in [-0.25, -0.2) is 0 Å². The monoisotopic (exact) mass is 271 g/mol. The van der Waals surface area contributed by atoms with Crippen molar-refractivity contribution in [2.75, 3.05) is 18.1 Å². The summed E-state index contributed by atoms with van der Waals surface area (Å²) < 4.78 is 0. The van der Waals surface area contributed by atoms with Crippen LogP contribution in [0.4, 0.5) is 0 Å². The summed E-state index contributed by atoms with van der Waals surface area (Å²) in [5, 5.41) is 9.09. The number of rotatable bonds is 2. The van der Waals surface area contributed by atoms with E-state index >= 15 is 0 Å². The largest absolute Gasteiger partial charge is 0.481 e. The van der Waals surface area contributed by atoms with Gasteiger partial charge in [-0.3, -0.25) is 9.59 Å². The van der Waals surface area contributed by atoms with Crippen molar-refractivity contribution in [2.45, 2.75) is 38.6 Å². The number of amides is 1. The average molecular weight is 271 g/mol. The van der Waals surface area contributed by atoms with Crippen LogP contribution in [-0.4, -0.2) is 46.0 Å². The number of carboxylic acid groups (broad SMARTS) is 1. The van der Waals surface area contributed by atoms with Gasteiger partial charge < -0.3 is 10.0 Å². The third-order valence-corrected chi connectivity index (χ3v) is 5.13. The van der Waals surface area contributed by atoms with Crippen LogP contribution < -0.4 is 0 Å². The topological polar surface area (TPSA) is 57.6 Å². The van der Waals surface area contributed by atoms with Gasteiger partial charge in [0, 0.05) is 18.5 Å². The molecule has 2 rings (SSSR count). The maximum Gasteiger partial charge on any atom is 0.308 e. The van der Waals surface area contributed by atoms with Crippen molar-refractivity contribution in [3.05, 3.63) is 0 Å². The number of aliphatic carboxylic acids is 1. The average Bonchev–Trinajstić information content (AvgIpc) is 2.39. The van der Waals surface area contributed by atoms with Crippen molar-refractivity contribution in [3.8, 4) is 0 Å². The molecule has 2 aliphatic heterocycles. The lowest BCUT2D eigenvalue weighted by Gasteiger charge is -2.39. The summed E-state index contributed by atoms with van der Waals surface area (Å²) in [4.78, 5) is 25.3. The number of hydrogen-bond donors (Lipinski definition) is 1. The van der Waals surface area contributed by atoms with E-state index in [2.05, 4.69) is 0 Å². The zero-order chi connectivity index (χ0) is 13.1. The minimum atomic E-state index is -0.765. The SMILES string of the molecule is CC1CCC(C(=O)O)CN1C(=O)C1CCSCC1. The fourth-order valence-corrected chi connectivity index (χ4v) is 3.90. The molecule has 18 heavy (non-hydrogen) atoms. The Morgan fingerprint density at radius 3 is 2.39 bits per heavy atom. The highest BCUT2D eigenvalue weighted by Crippen LogP contribution is 2.29. The molecule has 5 heteroatoms. The zero-order valence-corrected chi connectivity index (χ0v) is 11.6. The van der Waals surface area contributed by atoms with Crippen molar-refractivity contribution < 1.29 is 14.7 Å². The molecule has 4 nitrogen and oxygen atoms in total. The summed E-state index contributed by atoms with van der Waals surface area (Å²) >= 11 is 1.90. The van der Waals surface area contributed by atoms with E-state index in [1.807, 2.05) is 23.6 Å². The second-order valence-corrected chi connectivity index (χ2v) is 6.56. The number of piperidine rings is 1. The van der Waals surface area contributed by atoms with Crippen molar-refractivity contribution >= 4 is 23.6 Å². The molecule has 0 saturated carbocycles. The van der Waals surface area contributed by atoms with E-state index in [0.717, 1.165) is 30.8 Å². The standard InChI is InChI=1S/C13H21NO3S/c1-9-2-3-11(13(16)17)8-14(9)12(15)10-4-6-18-7-5-10/h9-11H,2-8H2,1H3,(H,16,17). The molecule has 0 aromatic heterocycles. The fraction of sp³-hybridized carbons (Fsp3) is 0.846. The molecule has 1 amide bonds. The zero-order valence-electron chi connectivity index (χ0n) is 10.8. The normalized spacial score (nSPS) is 30.2. The Balaban J connectivity index is 2.00. The lowest BCUT2D eigenvalue weighted by molar-refractivity contribution is -0.148. The number of thioether (sulfide) groups is 1. The molecule has 2 fully saturated rings. The van der Waals surface area contributed by atoms with Crippen LogP contribution in [0.5, 0.6) is 0 Å². The van der Waals surface area contributed by atoms with Gasteiger partial charge in [-0.05, 0) is 44.1 Å². The van der Waals surface area contributed by atoms with E-state index < -0.39 is 5.97 Å². The van der Waals surface area contributed by atoms with Crippen LogP contribution >= 0.6 is 11.8 Å². The molecular formula is C13H21NO3S. The fourth-order valence-electron chi connectivity index (χ4n) is 2.79. The Bertz CT molecular complexity index is 328. The maximum atomic E-state index is 12.5. The van der Waals surface area contributed by atoms with Crippen LogP contribution in [0.1, 0.15) is 32.6 Å². The molecule has 0 spiro atoms. The summed E-state index contributed by atoms with van der Waals surface area (Å²) in [6.45, 7) is 2.44. The molecule has 2 aliphatic rings. The van der Waals surface area contributed by atoms with Crippen LogP contribution in [0.2, 0.25) is 0 Å². The van der Waals surface area contributed by atoms with Gasteiger partial charge in [0.15, 0.2) is 0 Å². The van der Waals surface area contributed by atoms with Gasteiger partial charge in [-0.15, -0.1) is 0 Å². The molecule has 2 heterocycles. The van der Waals surface area contributed by atoms with Gasteiger partial charge in [0.1, 0.15) is 0 Å². The van der Waals surface area contributed by atoms with Crippen LogP contribution in [0.25, 0.3) is 0 Å². The highest BCUT2D eigenvalue weighted by molar-refractivity contribution is 7.99. The quantitative estimate of drug-likeness (QED) is 0.832. The maximum absolute atomic E-state index is 12.5. The van der Waals surface area contributed by atoms with Crippen molar-refractivity contribution in [3.63, 3.8) is 0 Å². The summed E-state index contributed by atoms with van der Waals surface area (Å²) in [7, 11) is 0. The number of likely N-dealkylation sites (tertiary alicyclic amines) is 1. The first-order chi connectivity index (χ1) is 8.59. The molecule has 0 aromatic rings. The highest BCUT2D eigenvalue weighted by Gasteiger charge is 2.35. The second kappa shape index (κ2) is 5.95. The van der Waals surface area contributed by atoms with Crippen molar-refractivity contribution in [1.82, 2.24) is 4.90 Å². The molecule has 1 N–H and O–H groups in total. The smallest absolute Gasteiger partial charge is 0.308 e. The molecule has 0 bridgehead atoms. The Kier molecular flexibility index (Phi) is 4.54. The molecule has 2 saturated heterocycles. The Labute approximate surface area is 112 Å². The first-order valence-corrected chi connectivity index (χ1v) is 7.86. The van der Waals surface area contributed by atoms with E-state index in [1.165, 1.54) is 0 Å². The summed E-state index contributed by atoms with van der Waals surface area (Å²) in [6.07, 6.45) is 3.40. The van der Waals surface area contributed by atoms with Crippen molar-refractivity contribution in [2.24, 2.45) is 11.8 Å². The van der Waals surface area contributed by atoms with E-state index in [1.54, 1.807) is 0 Å². The summed E-state index contributed by atoms with van der Waals surface area (Å²) in [6, 6.07) is 0.197. The summed E-state index contributed by atoms with van der Waals surface area (Å²) in [5.74, 6) is 1.29. The van der Waals surface area contributed by atoms with Gasteiger partial charge in [-0.2, -0.15) is 11.8 Å². The predicted molar refractivity (Wildman–Crippen MR) is 71.6 cm³/mol. The number of hydrogen-bond acceptors (Lipinski definition) is 3. The predicted octanol–water partition coefficient (Wildman–Crippen LogP) is 1.84. The van der Waals surface area contributed by atoms with E-state index in [4.69, 9.17) is 5.11 Å².